The van der Waals surface area contributed by atoms with E-state index >= 15 is 0 Å². The molecule has 4 rings (SSSR count). The number of fused-ring (bicyclic) bond motifs is 1. The van der Waals surface area contributed by atoms with Crippen LogP contribution in [0.1, 0.15) is 34.0 Å². The fraction of sp³-hybridized carbons (Fsp3) is 0.176. The van der Waals surface area contributed by atoms with Gasteiger partial charge in [0.1, 0.15) is 11.5 Å². The average Bonchev–Trinajstić information content (AvgIpc) is 3.30. The summed E-state index contributed by atoms with van der Waals surface area (Å²) in [6.45, 7) is 0. The van der Waals surface area contributed by atoms with Crippen molar-refractivity contribution in [2.24, 2.45) is 0 Å². The summed E-state index contributed by atoms with van der Waals surface area (Å²) in [6.07, 6.45) is 3.41. The van der Waals surface area contributed by atoms with Gasteiger partial charge in [-0.05, 0) is 29.8 Å². The van der Waals surface area contributed by atoms with Crippen molar-refractivity contribution < 1.29 is 14.0 Å². The highest BCUT2D eigenvalue weighted by Crippen LogP contribution is 2.40. The average molecular weight is 354 g/mol. The standard InChI is InChI=1S/C17H15FN6O2/c1-19-17(26)15-14-11(8-13(25)21-16(14)23-22-15)10-7-9(18)3-4-12(10)24-6-2-5-20-24/h2-7,11H,8H2,1H3,(H,19,26)(H2,21,22,23,25). The predicted molar refractivity (Wildman–Crippen MR) is 90.6 cm³/mol. The van der Waals surface area contributed by atoms with Crippen LogP contribution in [0, 0.1) is 5.82 Å². The number of anilines is 1. The molecule has 0 bridgehead atoms. The zero-order chi connectivity index (χ0) is 18.3. The van der Waals surface area contributed by atoms with Crippen LogP contribution in [0.25, 0.3) is 5.69 Å². The summed E-state index contributed by atoms with van der Waals surface area (Å²) in [7, 11) is 1.50. The van der Waals surface area contributed by atoms with E-state index in [1.165, 1.54) is 19.2 Å². The molecule has 3 heterocycles. The van der Waals surface area contributed by atoms with Crippen LogP contribution in [0.4, 0.5) is 10.2 Å². The van der Waals surface area contributed by atoms with E-state index in [2.05, 4.69) is 25.9 Å². The molecule has 0 spiro atoms. The van der Waals surface area contributed by atoms with Crippen molar-refractivity contribution in [1.82, 2.24) is 25.3 Å². The Kier molecular flexibility index (Phi) is 3.76. The maximum absolute atomic E-state index is 14.0. The van der Waals surface area contributed by atoms with E-state index in [4.69, 9.17) is 0 Å². The van der Waals surface area contributed by atoms with Crippen LogP contribution in [0.15, 0.2) is 36.7 Å². The Morgan fingerprint density at radius 1 is 1.42 bits per heavy atom. The highest BCUT2D eigenvalue weighted by Gasteiger charge is 2.35. The SMILES string of the molecule is CNC(=O)c1[nH]nc2c1C(c1cc(F)ccc1-n1cccn1)CC(=O)N2. The van der Waals surface area contributed by atoms with Crippen LogP contribution in [-0.4, -0.2) is 38.8 Å². The Hall–Kier alpha value is -3.49. The van der Waals surface area contributed by atoms with Crippen LogP contribution in [0.3, 0.4) is 0 Å². The van der Waals surface area contributed by atoms with Crippen molar-refractivity contribution in [2.75, 3.05) is 12.4 Å². The maximum atomic E-state index is 14.0. The maximum Gasteiger partial charge on any atom is 0.269 e. The highest BCUT2D eigenvalue weighted by molar-refractivity contribution is 6.00. The molecule has 1 atom stereocenters. The van der Waals surface area contributed by atoms with Crippen LogP contribution in [0.5, 0.6) is 0 Å². The van der Waals surface area contributed by atoms with Gasteiger partial charge in [-0.15, -0.1) is 0 Å². The van der Waals surface area contributed by atoms with E-state index in [9.17, 15) is 14.0 Å². The van der Waals surface area contributed by atoms with Gasteiger partial charge in [-0.3, -0.25) is 14.7 Å². The normalized spacial score (nSPS) is 16.1. The lowest BCUT2D eigenvalue weighted by Crippen LogP contribution is -2.27. The minimum absolute atomic E-state index is 0.0637. The minimum atomic E-state index is -0.542. The molecule has 0 saturated heterocycles. The first-order chi connectivity index (χ1) is 12.6. The number of hydrogen-bond acceptors (Lipinski definition) is 4. The lowest BCUT2D eigenvalue weighted by molar-refractivity contribution is -0.116. The zero-order valence-corrected chi connectivity index (χ0v) is 13.8. The number of amides is 2. The third kappa shape index (κ3) is 2.53. The van der Waals surface area contributed by atoms with Crippen molar-refractivity contribution in [1.29, 1.82) is 0 Å². The second-order valence-electron chi connectivity index (χ2n) is 5.90. The van der Waals surface area contributed by atoms with Crippen LogP contribution in [-0.2, 0) is 4.79 Å². The van der Waals surface area contributed by atoms with Gasteiger partial charge in [0.05, 0.1) is 5.69 Å². The van der Waals surface area contributed by atoms with Crippen LogP contribution >= 0.6 is 0 Å². The van der Waals surface area contributed by atoms with Gasteiger partial charge >= 0.3 is 0 Å². The van der Waals surface area contributed by atoms with Crippen molar-refractivity contribution in [3.8, 4) is 5.69 Å². The summed E-state index contributed by atoms with van der Waals surface area (Å²) in [5.41, 5.74) is 1.95. The van der Waals surface area contributed by atoms with Gasteiger partial charge in [-0.2, -0.15) is 10.2 Å². The second-order valence-corrected chi connectivity index (χ2v) is 5.90. The molecule has 26 heavy (non-hydrogen) atoms. The van der Waals surface area contributed by atoms with Gasteiger partial charge in [0.2, 0.25) is 5.91 Å². The van der Waals surface area contributed by atoms with Gasteiger partial charge in [-0.1, -0.05) is 0 Å². The fourth-order valence-electron chi connectivity index (χ4n) is 3.24. The molecule has 1 unspecified atom stereocenters. The molecule has 2 aromatic heterocycles. The van der Waals surface area contributed by atoms with Gasteiger partial charge in [0.15, 0.2) is 5.82 Å². The minimum Gasteiger partial charge on any atom is -0.354 e. The number of H-pyrrole nitrogens is 1. The topological polar surface area (TPSA) is 105 Å². The van der Waals surface area contributed by atoms with Crippen LogP contribution in [0.2, 0.25) is 0 Å². The Balaban J connectivity index is 1.93. The molecule has 3 aromatic rings. The van der Waals surface area contributed by atoms with Crippen molar-refractivity contribution in [3.05, 3.63) is 59.3 Å². The van der Waals surface area contributed by atoms with Gasteiger partial charge in [-0.25, -0.2) is 9.07 Å². The highest BCUT2D eigenvalue weighted by atomic mass is 19.1. The Morgan fingerprint density at radius 2 is 2.27 bits per heavy atom. The molecule has 132 valence electrons. The quantitative estimate of drug-likeness (QED) is 0.664. The number of carbonyl (C=O) groups is 2. The molecule has 1 aromatic carbocycles. The van der Waals surface area contributed by atoms with E-state index in [1.807, 2.05) is 0 Å². The van der Waals surface area contributed by atoms with E-state index in [0.717, 1.165) is 0 Å². The van der Waals surface area contributed by atoms with Crippen molar-refractivity contribution >= 4 is 17.6 Å². The molecule has 0 aliphatic carbocycles. The van der Waals surface area contributed by atoms with E-state index in [1.54, 1.807) is 29.2 Å². The van der Waals surface area contributed by atoms with Crippen molar-refractivity contribution in [3.63, 3.8) is 0 Å². The molecule has 9 heteroatoms. The summed E-state index contributed by atoms with van der Waals surface area (Å²) in [5, 5.41) is 16.1. The summed E-state index contributed by atoms with van der Waals surface area (Å²) >= 11 is 0. The number of carbonyl (C=O) groups excluding carboxylic acids is 2. The number of nitrogens with one attached hydrogen (secondary N) is 3. The predicted octanol–water partition coefficient (Wildman–Crippen LogP) is 1.57. The van der Waals surface area contributed by atoms with Gasteiger partial charge in [0.25, 0.3) is 5.91 Å². The number of aromatic amines is 1. The third-order valence-corrected chi connectivity index (χ3v) is 4.37. The molecule has 1 aliphatic heterocycles. The van der Waals surface area contributed by atoms with E-state index in [0.29, 0.717) is 16.8 Å². The lowest BCUT2D eigenvalue weighted by atomic mass is 9.84. The first kappa shape index (κ1) is 16.0. The van der Waals surface area contributed by atoms with E-state index in [-0.39, 0.29) is 29.7 Å². The zero-order valence-electron chi connectivity index (χ0n) is 13.8. The summed E-state index contributed by atoms with van der Waals surface area (Å²) in [6, 6.07) is 6.05. The Bertz CT molecular complexity index is 995. The Morgan fingerprint density at radius 3 is 3.00 bits per heavy atom. The fourth-order valence-corrected chi connectivity index (χ4v) is 3.24. The first-order valence-corrected chi connectivity index (χ1v) is 7.98. The Labute approximate surface area is 147 Å². The van der Waals surface area contributed by atoms with Crippen LogP contribution < -0.4 is 10.6 Å². The molecule has 0 saturated carbocycles. The second kappa shape index (κ2) is 6.10. The van der Waals surface area contributed by atoms with Gasteiger partial charge < -0.3 is 10.6 Å². The first-order valence-electron chi connectivity index (χ1n) is 7.98. The largest absolute Gasteiger partial charge is 0.354 e. The summed E-state index contributed by atoms with van der Waals surface area (Å²) in [4.78, 5) is 24.4. The number of rotatable bonds is 3. The number of benzene rings is 1. The molecule has 2 amide bonds. The number of halogens is 1. The molecule has 1 aliphatic rings. The smallest absolute Gasteiger partial charge is 0.269 e. The number of nitrogens with zero attached hydrogens (tertiary/aromatic N) is 3. The molecular formula is C17H15FN6O2. The summed E-state index contributed by atoms with van der Waals surface area (Å²) < 4.78 is 15.6. The molecule has 8 nitrogen and oxygen atoms in total. The van der Waals surface area contributed by atoms with E-state index < -0.39 is 11.7 Å². The van der Waals surface area contributed by atoms with Crippen molar-refractivity contribution in [2.45, 2.75) is 12.3 Å². The summed E-state index contributed by atoms with van der Waals surface area (Å²) in [5.74, 6) is -1.32. The molecule has 3 N–H and O–H groups in total. The molecule has 0 fully saturated rings. The molecular weight excluding hydrogens is 339 g/mol. The lowest BCUT2D eigenvalue weighted by Gasteiger charge is -2.25. The number of hydrogen-bond donors (Lipinski definition) is 3. The number of aromatic nitrogens is 4. The third-order valence-electron chi connectivity index (χ3n) is 4.37. The monoisotopic (exact) mass is 354 g/mol. The van der Waals surface area contributed by atoms with Gasteiger partial charge in [0, 0.05) is 37.3 Å². The molecule has 0 radical (unpaired) electrons.